The summed E-state index contributed by atoms with van der Waals surface area (Å²) in [5.41, 5.74) is 1.20. The molecule has 0 saturated heterocycles. The molecule has 0 radical (unpaired) electrons. The number of nitriles is 1. The summed E-state index contributed by atoms with van der Waals surface area (Å²) in [4.78, 5) is 0. The lowest BCUT2D eigenvalue weighted by Crippen LogP contribution is -2.12. The first kappa shape index (κ1) is 10.0. The van der Waals surface area contributed by atoms with Crippen LogP contribution in [-0.2, 0) is 7.05 Å². The summed E-state index contributed by atoms with van der Waals surface area (Å²) in [6, 6.07) is 4.14. The molecular formula is C11H15N3O. The molecule has 15 heavy (non-hydrogen) atoms. The number of aryl methyl sites for hydroxylation is 2. The Bertz CT molecular complexity index is 379. The number of rotatable bonds is 4. The fourth-order valence-corrected chi connectivity index (χ4v) is 1.54. The number of aromatic nitrogens is 2. The van der Waals surface area contributed by atoms with Crippen LogP contribution in [0, 0.1) is 23.7 Å². The van der Waals surface area contributed by atoms with E-state index in [2.05, 4.69) is 11.2 Å². The van der Waals surface area contributed by atoms with Gasteiger partial charge in [-0.1, -0.05) is 0 Å². The molecule has 0 spiro atoms. The second kappa shape index (κ2) is 3.58. The van der Waals surface area contributed by atoms with Gasteiger partial charge >= 0.3 is 0 Å². The molecule has 1 aliphatic rings. The van der Waals surface area contributed by atoms with Crippen molar-refractivity contribution in [2.75, 3.05) is 6.61 Å². The van der Waals surface area contributed by atoms with Gasteiger partial charge in [-0.2, -0.15) is 5.26 Å². The van der Waals surface area contributed by atoms with Gasteiger partial charge in [0.15, 0.2) is 0 Å². The van der Waals surface area contributed by atoms with E-state index in [1.807, 2.05) is 20.0 Å². The third kappa shape index (κ3) is 2.12. The van der Waals surface area contributed by atoms with Crippen molar-refractivity contribution in [1.82, 2.24) is 9.78 Å². The number of hydrogen-bond donors (Lipinski definition) is 0. The fourth-order valence-electron chi connectivity index (χ4n) is 1.54. The second-order valence-corrected chi connectivity index (χ2v) is 4.37. The SMILES string of the molecule is Cc1cc(OCC2(CC#N)CC2)nn1C. The molecule has 1 fully saturated rings. The van der Waals surface area contributed by atoms with Crippen molar-refractivity contribution in [3.8, 4) is 11.9 Å². The largest absolute Gasteiger partial charge is 0.476 e. The van der Waals surface area contributed by atoms with E-state index in [4.69, 9.17) is 10.00 Å². The van der Waals surface area contributed by atoms with Crippen molar-refractivity contribution in [1.29, 1.82) is 5.26 Å². The molecule has 4 heteroatoms. The van der Waals surface area contributed by atoms with Crippen LogP contribution in [0.2, 0.25) is 0 Å². The third-order valence-electron chi connectivity index (χ3n) is 3.03. The smallest absolute Gasteiger partial charge is 0.232 e. The lowest BCUT2D eigenvalue weighted by Gasteiger charge is -2.10. The Morgan fingerprint density at radius 2 is 2.40 bits per heavy atom. The lowest BCUT2D eigenvalue weighted by molar-refractivity contribution is 0.227. The Balaban J connectivity index is 1.91. The minimum atomic E-state index is 0.125. The first-order chi connectivity index (χ1) is 7.15. The van der Waals surface area contributed by atoms with Gasteiger partial charge in [-0.15, -0.1) is 5.10 Å². The number of hydrogen-bond acceptors (Lipinski definition) is 3. The van der Waals surface area contributed by atoms with Gasteiger partial charge in [0.05, 0.1) is 12.7 Å². The molecule has 0 bridgehead atoms. The van der Waals surface area contributed by atoms with E-state index in [-0.39, 0.29) is 5.41 Å². The maximum absolute atomic E-state index is 8.66. The van der Waals surface area contributed by atoms with Crippen LogP contribution < -0.4 is 4.74 Å². The highest BCUT2D eigenvalue weighted by Crippen LogP contribution is 2.48. The minimum Gasteiger partial charge on any atom is -0.476 e. The van der Waals surface area contributed by atoms with Crippen molar-refractivity contribution in [2.24, 2.45) is 12.5 Å². The zero-order valence-corrected chi connectivity index (χ0v) is 9.16. The predicted octanol–water partition coefficient (Wildman–Crippen LogP) is 1.80. The van der Waals surface area contributed by atoms with Gasteiger partial charge in [0.2, 0.25) is 5.88 Å². The molecule has 1 heterocycles. The molecular weight excluding hydrogens is 190 g/mol. The molecule has 1 aromatic rings. The molecule has 0 amide bonds. The predicted molar refractivity (Wildman–Crippen MR) is 55.3 cm³/mol. The average Bonchev–Trinajstić information content (AvgIpc) is 2.88. The molecule has 2 rings (SSSR count). The number of nitrogens with zero attached hydrogens (tertiary/aromatic N) is 3. The van der Waals surface area contributed by atoms with Gasteiger partial charge in [0.1, 0.15) is 0 Å². The third-order valence-corrected chi connectivity index (χ3v) is 3.03. The number of ether oxygens (including phenoxy) is 1. The molecule has 0 unspecified atom stereocenters. The van der Waals surface area contributed by atoms with Gasteiger partial charge < -0.3 is 4.74 Å². The monoisotopic (exact) mass is 205 g/mol. The first-order valence-corrected chi connectivity index (χ1v) is 5.16. The summed E-state index contributed by atoms with van der Waals surface area (Å²) in [5, 5.41) is 12.9. The van der Waals surface area contributed by atoms with Crippen molar-refractivity contribution >= 4 is 0 Å². The van der Waals surface area contributed by atoms with Crippen LogP contribution in [0.15, 0.2) is 6.07 Å². The van der Waals surface area contributed by atoms with E-state index in [1.54, 1.807) is 4.68 Å². The van der Waals surface area contributed by atoms with E-state index in [0.29, 0.717) is 18.9 Å². The van der Waals surface area contributed by atoms with Crippen LogP contribution in [0.5, 0.6) is 5.88 Å². The standard InChI is InChI=1S/C11H15N3O/c1-9-7-10(13-14(9)2)15-8-11(3-4-11)5-6-12/h7H,3-5,8H2,1-2H3. The fraction of sp³-hybridized carbons (Fsp3) is 0.636. The Kier molecular flexibility index (Phi) is 2.39. The zero-order chi connectivity index (χ0) is 10.9. The molecule has 1 aromatic heterocycles. The van der Waals surface area contributed by atoms with Gasteiger partial charge in [-0.05, 0) is 19.8 Å². The van der Waals surface area contributed by atoms with Gasteiger partial charge in [0, 0.05) is 30.6 Å². The highest BCUT2D eigenvalue weighted by atomic mass is 16.5. The van der Waals surface area contributed by atoms with Crippen molar-refractivity contribution in [2.45, 2.75) is 26.2 Å². The van der Waals surface area contributed by atoms with E-state index < -0.39 is 0 Å². The lowest BCUT2D eigenvalue weighted by atomic mass is 10.1. The van der Waals surface area contributed by atoms with Crippen LogP contribution in [-0.4, -0.2) is 16.4 Å². The maximum atomic E-state index is 8.66. The normalized spacial score (nSPS) is 17.1. The summed E-state index contributed by atoms with van der Waals surface area (Å²) in [6.07, 6.45) is 2.80. The van der Waals surface area contributed by atoms with E-state index in [1.165, 1.54) is 0 Å². The molecule has 1 saturated carbocycles. The summed E-state index contributed by atoms with van der Waals surface area (Å²) >= 11 is 0. The van der Waals surface area contributed by atoms with Crippen LogP contribution in [0.4, 0.5) is 0 Å². The summed E-state index contributed by atoms with van der Waals surface area (Å²) in [7, 11) is 1.89. The van der Waals surface area contributed by atoms with E-state index in [0.717, 1.165) is 18.5 Å². The Labute approximate surface area is 89.5 Å². The average molecular weight is 205 g/mol. The molecule has 80 valence electrons. The quantitative estimate of drug-likeness (QED) is 0.753. The summed E-state index contributed by atoms with van der Waals surface area (Å²) in [5.74, 6) is 0.666. The molecule has 4 nitrogen and oxygen atoms in total. The topological polar surface area (TPSA) is 50.8 Å². The molecule has 0 atom stereocenters. The molecule has 1 aliphatic carbocycles. The van der Waals surface area contributed by atoms with Gasteiger partial charge in [-0.25, -0.2) is 0 Å². The van der Waals surface area contributed by atoms with Gasteiger partial charge in [0.25, 0.3) is 0 Å². The maximum Gasteiger partial charge on any atom is 0.232 e. The summed E-state index contributed by atoms with van der Waals surface area (Å²) < 4.78 is 7.40. The Morgan fingerprint density at radius 3 is 2.87 bits per heavy atom. The van der Waals surface area contributed by atoms with Crippen molar-refractivity contribution in [3.05, 3.63) is 11.8 Å². The minimum absolute atomic E-state index is 0.125. The highest BCUT2D eigenvalue weighted by Gasteiger charge is 2.43. The first-order valence-electron chi connectivity index (χ1n) is 5.16. The van der Waals surface area contributed by atoms with E-state index >= 15 is 0 Å². The zero-order valence-electron chi connectivity index (χ0n) is 9.16. The van der Waals surface area contributed by atoms with Crippen LogP contribution in [0.1, 0.15) is 25.0 Å². The Hall–Kier alpha value is -1.50. The van der Waals surface area contributed by atoms with Crippen LogP contribution >= 0.6 is 0 Å². The Morgan fingerprint density at radius 1 is 1.67 bits per heavy atom. The van der Waals surface area contributed by atoms with Crippen molar-refractivity contribution in [3.63, 3.8) is 0 Å². The second-order valence-electron chi connectivity index (χ2n) is 4.37. The molecule has 0 N–H and O–H groups in total. The molecule has 0 aliphatic heterocycles. The van der Waals surface area contributed by atoms with E-state index in [9.17, 15) is 0 Å². The van der Waals surface area contributed by atoms with Crippen molar-refractivity contribution < 1.29 is 4.74 Å². The van der Waals surface area contributed by atoms with Gasteiger partial charge in [-0.3, -0.25) is 4.68 Å². The van der Waals surface area contributed by atoms with Crippen LogP contribution in [0.3, 0.4) is 0 Å². The highest BCUT2D eigenvalue weighted by molar-refractivity contribution is 5.14. The summed E-state index contributed by atoms with van der Waals surface area (Å²) in [6.45, 7) is 2.61. The molecule has 0 aromatic carbocycles. The van der Waals surface area contributed by atoms with Crippen LogP contribution in [0.25, 0.3) is 0 Å².